The van der Waals surface area contributed by atoms with E-state index in [2.05, 4.69) is 114 Å². The van der Waals surface area contributed by atoms with Gasteiger partial charge in [-0.3, -0.25) is 0 Å². The lowest BCUT2D eigenvalue weighted by atomic mass is 9.63. The van der Waals surface area contributed by atoms with Crippen molar-refractivity contribution in [3.05, 3.63) is 144 Å². The van der Waals surface area contributed by atoms with Crippen LogP contribution in [-0.2, 0) is 5.41 Å². The molecule has 7 rings (SSSR count). The fraction of sp³-hybridized carbons (Fsp3) is 0.0323. The van der Waals surface area contributed by atoms with Gasteiger partial charge in [-0.1, -0.05) is 97.1 Å². The highest BCUT2D eigenvalue weighted by Gasteiger charge is 2.44. The number of fused-ring (bicyclic) bond motifs is 5. The summed E-state index contributed by atoms with van der Waals surface area (Å²) in [7, 11) is 0.731. The summed E-state index contributed by atoms with van der Waals surface area (Å²) in [6.45, 7) is 0. The van der Waals surface area contributed by atoms with E-state index in [0.29, 0.717) is 5.75 Å². The molecular formula is C31H21BNO2. The number of hydrogen-bond donors (Lipinski definition) is 1. The molecular weight excluding hydrogens is 429 g/mol. The summed E-state index contributed by atoms with van der Waals surface area (Å²) in [5.74, 6) is 0.606. The van der Waals surface area contributed by atoms with Gasteiger partial charge in [0, 0.05) is 10.8 Å². The molecule has 0 saturated heterocycles. The number of hydrogen-bond acceptors (Lipinski definition) is 2. The van der Waals surface area contributed by atoms with Crippen molar-refractivity contribution in [1.29, 1.82) is 0 Å². The van der Waals surface area contributed by atoms with Crippen molar-refractivity contribution in [2.75, 3.05) is 0 Å². The van der Waals surface area contributed by atoms with Crippen molar-refractivity contribution in [1.82, 2.24) is 4.57 Å². The van der Waals surface area contributed by atoms with Crippen molar-refractivity contribution < 1.29 is 9.68 Å². The minimum atomic E-state index is -0.471. The SMILES string of the molecule is O[B]Oc1ccc2c(c1)c1cccc3c1n2-c1ccccc1C3(c1ccccc1)c1ccccc1. The molecule has 6 aromatic rings. The Morgan fingerprint density at radius 3 is 2.00 bits per heavy atom. The van der Waals surface area contributed by atoms with Gasteiger partial charge in [0.2, 0.25) is 0 Å². The zero-order chi connectivity index (χ0) is 23.4. The maximum absolute atomic E-state index is 9.21. The van der Waals surface area contributed by atoms with E-state index in [0.717, 1.165) is 24.0 Å². The lowest BCUT2D eigenvalue weighted by Crippen LogP contribution is -2.35. The van der Waals surface area contributed by atoms with Crippen LogP contribution in [0.4, 0.5) is 0 Å². The Labute approximate surface area is 204 Å². The number of para-hydroxylation sites is 2. The van der Waals surface area contributed by atoms with E-state index in [-0.39, 0.29) is 0 Å². The monoisotopic (exact) mass is 450 g/mol. The summed E-state index contributed by atoms with van der Waals surface area (Å²) in [6.07, 6.45) is 0. The number of benzene rings is 5. The first-order valence-electron chi connectivity index (χ1n) is 11.7. The van der Waals surface area contributed by atoms with E-state index in [1.807, 2.05) is 12.1 Å². The standard InChI is InChI=1S/C31H21BNO2/c34-32-35-23-18-19-28-25(20-23)24-14-9-16-27-30(24)33(28)29-17-8-7-15-26(29)31(27,21-10-3-1-4-11-21)22-12-5-2-6-13-22/h1-20,34H. The predicted octanol–water partition coefficient (Wildman–Crippen LogP) is 6.39. The second-order valence-electron chi connectivity index (χ2n) is 8.94. The van der Waals surface area contributed by atoms with Crippen molar-refractivity contribution in [2.24, 2.45) is 0 Å². The molecule has 0 aliphatic carbocycles. The minimum Gasteiger partial charge on any atom is -0.537 e. The first-order chi connectivity index (χ1) is 17.3. The van der Waals surface area contributed by atoms with Crippen molar-refractivity contribution in [2.45, 2.75) is 5.41 Å². The summed E-state index contributed by atoms with van der Waals surface area (Å²) in [4.78, 5) is 0. The van der Waals surface area contributed by atoms with Gasteiger partial charge in [0.05, 0.1) is 22.1 Å². The molecule has 0 saturated carbocycles. The molecule has 0 unspecified atom stereocenters. The van der Waals surface area contributed by atoms with Gasteiger partial charge in [0.1, 0.15) is 5.75 Å². The third kappa shape index (κ3) is 2.66. The molecule has 0 spiro atoms. The van der Waals surface area contributed by atoms with E-state index in [1.165, 1.54) is 33.5 Å². The van der Waals surface area contributed by atoms with Crippen molar-refractivity contribution in [3.8, 4) is 11.4 Å². The fourth-order valence-electron chi connectivity index (χ4n) is 6.03. The highest BCUT2D eigenvalue weighted by Crippen LogP contribution is 2.54. The van der Waals surface area contributed by atoms with Crippen LogP contribution in [0.2, 0.25) is 0 Å². The molecule has 3 nitrogen and oxygen atoms in total. The zero-order valence-corrected chi connectivity index (χ0v) is 18.9. The Bertz CT molecular complexity index is 1670. The molecule has 1 radical (unpaired) electrons. The summed E-state index contributed by atoms with van der Waals surface area (Å²) in [6, 6.07) is 42.9. The second-order valence-corrected chi connectivity index (χ2v) is 8.94. The van der Waals surface area contributed by atoms with Gasteiger partial charge in [-0.25, -0.2) is 0 Å². The van der Waals surface area contributed by atoms with Crippen LogP contribution < -0.4 is 4.65 Å². The van der Waals surface area contributed by atoms with Gasteiger partial charge in [-0.05, 0) is 46.5 Å². The molecule has 0 atom stereocenters. The van der Waals surface area contributed by atoms with E-state index in [4.69, 9.17) is 4.65 Å². The van der Waals surface area contributed by atoms with Crippen LogP contribution in [-0.4, -0.2) is 17.3 Å². The predicted molar refractivity (Wildman–Crippen MR) is 141 cm³/mol. The molecule has 4 heteroatoms. The Kier molecular flexibility index (Phi) is 4.38. The summed E-state index contributed by atoms with van der Waals surface area (Å²) in [5.41, 5.74) is 7.97. The van der Waals surface area contributed by atoms with Crippen molar-refractivity contribution in [3.63, 3.8) is 0 Å². The largest absolute Gasteiger partial charge is 0.569 e. The van der Waals surface area contributed by atoms with E-state index >= 15 is 0 Å². The van der Waals surface area contributed by atoms with Crippen LogP contribution >= 0.6 is 0 Å². The van der Waals surface area contributed by atoms with Crippen LogP contribution in [0, 0.1) is 0 Å². The molecule has 0 bridgehead atoms. The van der Waals surface area contributed by atoms with Gasteiger partial charge >= 0.3 is 7.69 Å². The topological polar surface area (TPSA) is 34.4 Å². The van der Waals surface area contributed by atoms with Crippen LogP contribution in [0.3, 0.4) is 0 Å². The molecule has 1 aromatic heterocycles. The molecule has 1 aliphatic heterocycles. The summed E-state index contributed by atoms with van der Waals surface area (Å²) in [5, 5.41) is 11.5. The lowest BCUT2D eigenvalue weighted by Gasteiger charge is -2.41. The van der Waals surface area contributed by atoms with Crippen LogP contribution in [0.25, 0.3) is 27.5 Å². The highest BCUT2D eigenvalue weighted by atomic mass is 16.5. The Morgan fingerprint density at radius 1 is 0.629 bits per heavy atom. The Morgan fingerprint density at radius 2 is 1.29 bits per heavy atom. The highest BCUT2D eigenvalue weighted by molar-refractivity contribution is 6.18. The molecule has 1 N–H and O–H groups in total. The van der Waals surface area contributed by atoms with E-state index in [9.17, 15) is 5.02 Å². The van der Waals surface area contributed by atoms with Crippen LogP contribution in [0.15, 0.2) is 121 Å². The molecule has 0 fully saturated rings. The van der Waals surface area contributed by atoms with Gasteiger partial charge < -0.3 is 14.2 Å². The van der Waals surface area contributed by atoms with Crippen LogP contribution in [0.1, 0.15) is 22.3 Å². The van der Waals surface area contributed by atoms with Gasteiger partial charge in [-0.2, -0.15) is 0 Å². The summed E-state index contributed by atoms with van der Waals surface area (Å²) >= 11 is 0. The fourth-order valence-corrected chi connectivity index (χ4v) is 6.03. The number of rotatable bonds is 4. The third-order valence-electron chi connectivity index (χ3n) is 7.31. The Balaban J connectivity index is 1.72. The quantitative estimate of drug-likeness (QED) is 0.316. The smallest absolute Gasteiger partial charge is 0.537 e. The first kappa shape index (κ1) is 20.1. The average molecular weight is 450 g/mol. The van der Waals surface area contributed by atoms with Gasteiger partial charge in [-0.15, -0.1) is 0 Å². The molecule has 5 aromatic carbocycles. The van der Waals surface area contributed by atoms with Crippen LogP contribution in [0.5, 0.6) is 5.75 Å². The number of aromatic nitrogens is 1. The lowest BCUT2D eigenvalue weighted by molar-refractivity contribution is 0.454. The first-order valence-corrected chi connectivity index (χ1v) is 11.7. The van der Waals surface area contributed by atoms with E-state index < -0.39 is 5.41 Å². The number of nitrogens with zero attached hydrogens (tertiary/aromatic N) is 1. The third-order valence-corrected chi connectivity index (χ3v) is 7.31. The average Bonchev–Trinajstić information content (AvgIpc) is 3.25. The Hall–Kier alpha value is -4.28. The van der Waals surface area contributed by atoms with Gasteiger partial charge in [0.15, 0.2) is 0 Å². The second kappa shape index (κ2) is 7.62. The normalized spacial score (nSPS) is 13.5. The summed E-state index contributed by atoms with van der Waals surface area (Å²) < 4.78 is 7.70. The minimum absolute atomic E-state index is 0.471. The maximum atomic E-state index is 9.21. The van der Waals surface area contributed by atoms with Gasteiger partial charge in [0.25, 0.3) is 0 Å². The molecule has 0 amide bonds. The maximum Gasteiger partial charge on any atom is 0.569 e. The van der Waals surface area contributed by atoms with E-state index in [1.54, 1.807) is 0 Å². The molecule has 1 aliphatic rings. The van der Waals surface area contributed by atoms with Crippen molar-refractivity contribution >= 4 is 29.5 Å². The zero-order valence-electron chi connectivity index (χ0n) is 18.9. The molecule has 165 valence electrons. The molecule has 2 heterocycles. The molecule has 35 heavy (non-hydrogen) atoms.